The molecule has 3 nitrogen and oxygen atoms in total. The normalized spacial score (nSPS) is 9.94. The van der Waals surface area contributed by atoms with Crippen LogP contribution in [-0.2, 0) is 4.79 Å². The number of rotatable bonds is 5. The SMILES string of the molecule is CCNC(=O)CCOc1cc(Cl)ccc1C. The Labute approximate surface area is 101 Å². The predicted molar refractivity (Wildman–Crippen MR) is 65.0 cm³/mol. The number of nitrogens with one attached hydrogen (secondary N) is 1. The highest BCUT2D eigenvalue weighted by Crippen LogP contribution is 2.22. The second-order valence-electron chi connectivity index (χ2n) is 3.46. The lowest BCUT2D eigenvalue weighted by Crippen LogP contribution is -2.24. The molecular formula is C12H16ClNO2. The molecule has 1 rings (SSSR count). The van der Waals surface area contributed by atoms with E-state index in [4.69, 9.17) is 16.3 Å². The van der Waals surface area contributed by atoms with Gasteiger partial charge in [-0.3, -0.25) is 4.79 Å². The molecule has 0 aliphatic rings. The van der Waals surface area contributed by atoms with Crippen molar-refractivity contribution in [3.63, 3.8) is 0 Å². The molecule has 0 saturated heterocycles. The van der Waals surface area contributed by atoms with E-state index in [1.807, 2.05) is 26.0 Å². The maximum Gasteiger partial charge on any atom is 0.223 e. The Kier molecular flexibility index (Phi) is 5.12. The lowest BCUT2D eigenvalue weighted by molar-refractivity contribution is -0.121. The van der Waals surface area contributed by atoms with Crippen LogP contribution in [0.4, 0.5) is 0 Å². The van der Waals surface area contributed by atoms with E-state index < -0.39 is 0 Å². The summed E-state index contributed by atoms with van der Waals surface area (Å²) in [5.41, 5.74) is 1.01. The first-order valence-corrected chi connectivity index (χ1v) is 5.67. The summed E-state index contributed by atoms with van der Waals surface area (Å²) in [7, 11) is 0. The van der Waals surface area contributed by atoms with Gasteiger partial charge in [-0.2, -0.15) is 0 Å². The number of benzene rings is 1. The molecular weight excluding hydrogens is 226 g/mol. The van der Waals surface area contributed by atoms with Crippen LogP contribution in [0.1, 0.15) is 18.9 Å². The lowest BCUT2D eigenvalue weighted by atomic mass is 10.2. The highest BCUT2D eigenvalue weighted by molar-refractivity contribution is 6.30. The van der Waals surface area contributed by atoms with Crippen molar-refractivity contribution < 1.29 is 9.53 Å². The van der Waals surface area contributed by atoms with Gasteiger partial charge in [-0.15, -0.1) is 0 Å². The van der Waals surface area contributed by atoms with E-state index in [1.165, 1.54) is 0 Å². The average Bonchev–Trinajstić information content (AvgIpc) is 2.23. The minimum absolute atomic E-state index is 0.00202. The third-order valence-corrected chi connectivity index (χ3v) is 2.35. The van der Waals surface area contributed by atoms with E-state index in [0.717, 1.165) is 11.3 Å². The zero-order chi connectivity index (χ0) is 12.0. The van der Waals surface area contributed by atoms with Gasteiger partial charge in [-0.05, 0) is 31.5 Å². The van der Waals surface area contributed by atoms with Gasteiger partial charge in [0.1, 0.15) is 5.75 Å². The molecule has 0 fully saturated rings. The van der Waals surface area contributed by atoms with Gasteiger partial charge in [0.15, 0.2) is 0 Å². The van der Waals surface area contributed by atoms with Crippen molar-refractivity contribution in [2.75, 3.05) is 13.2 Å². The first-order chi connectivity index (χ1) is 7.63. The molecule has 0 unspecified atom stereocenters. The third-order valence-electron chi connectivity index (χ3n) is 2.11. The van der Waals surface area contributed by atoms with Gasteiger partial charge in [0, 0.05) is 11.6 Å². The maximum atomic E-state index is 11.2. The first kappa shape index (κ1) is 12.8. The van der Waals surface area contributed by atoms with E-state index in [0.29, 0.717) is 24.6 Å². The van der Waals surface area contributed by atoms with Crippen molar-refractivity contribution in [3.05, 3.63) is 28.8 Å². The van der Waals surface area contributed by atoms with E-state index in [1.54, 1.807) is 6.07 Å². The molecule has 1 amide bonds. The highest BCUT2D eigenvalue weighted by Gasteiger charge is 2.03. The van der Waals surface area contributed by atoms with Crippen LogP contribution in [0, 0.1) is 6.92 Å². The summed E-state index contributed by atoms with van der Waals surface area (Å²) in [6.45, 7) is 4.85. The zero-order valence-electron chi connectivity index (χ0n) is 9.55. The smallest absolute Gasteiger partial charge is 0.223 e. The molecule has 1 aromatic carbocycles. The van der Waals surface area contributed by atoms with Crippen molar-refractivity contribution in [2.45, 2.75) is 20.3 Å². The number of ether oxygens (including phenoxy) is 1. The van der Waals surface area contributed by atoms with Gasteiger partial charge in [-0.1, -0.05) is 17.7 Å². The molecule has 0 heterocycles. The van der Waals surface area contributed by atoms with Crippen LogP contribution in [0.15, 0.2) is 18.2 Å². The molecule has 88 valence electrons. The summed E-state index contributed by atoms with van der Waals surface area (Å²) in [5.74, 6) is 0.735. The molecule has 0 bridgehead atoms. The Morgan fingerprint density at radius 2 is 2.25 bits per heavy atom. The third kappa shape index (κ3) is 4.11. The first-order valence-electron chi connectivity index (χ1n) is 5.29. The number of hydrogen-bond donors (Lipinski definition) is 1. The van der Waals surface area contributed by atoms with E-state index >= 15 is 0 Å². The Morgan fingerprint density at radius 3 is 2.94 bits per heavy atom. The van der Waals surface area contributed by atoms with Crippen LogP contribution < -0.4 is 10.1 Å². The van der Waals surface area contributed by atoms with Gasteiger partial charge >= 0.3 is 0 Å². The molecule has 0 aliphatic heterocycles. The quantitative estimate of drug-likeness (QED) is 0.861. The summed E-state index contributed by atoms with van der Waals surface area (Å²) >= 11 is 5.85. The van der Waals surface area contributed by atoms with E-state index in [2.05, 4.69) is 5.32 Å². The minimum atomic E-state index is 0.00202. The Bertz CT molecular complexity index is 366. The fourth-order valence-corrected chi connectivity index (χ4v) is 1.43. The molecule has 0 aromatic heterocycles. The second-order valence-corrected chi connectivity index (χ2v) is 3.90. The van der Waals surface area contributed by atoms with Crippen molar-refractivity contribution >= 4 is 17.5 Å². The van der Waals surface area contributed by atoms with Gasteiger partial charge in [-0.25, -0.2) is 0 Å². The summed E-state index contributed by atoms with van der Waals surface area (Å²) in [5, 5.41) is 3.35. The summed E-state index contributed by atoms with van der Waals surface area (Å²) in [4.78, 5) is 11.2. The van der Waals surface area contributed by atoms with Crippen molar-refractivity contribution in [1.82, 2.24) is 5.32 Å². The van der Waals surface area contributed by atoms with Gasteiger partial charge in [0.25, 0.3) is 0 Å². The van der Waals surface area contributed by atoms with Gasteiger partial charge < -0.3 is 10.1 Å². The molecule has 16 heavy (non-hydrogen) atoms. The molecule has 1 aromatic rings. The van der Waals surface area contributed by atoms with Crippen LogP contribution in [0.3, 0.4) is 0 Å². The van der Waals surface area contributed by atoms with Crippen LogP contribution in [-0.4, -0.2) is 19.1 Å². The molecule has 0 radical (unpaired) electrons. The van der Waals surface area contributed by atoms with Crippen molar-refractivity contribution in [3.8, 4) is 5.75 Å². The highest BCUT2D eigenvalue weighted by atomic mass is 35.5. The Morgan fingerprint density at radius 1 is 1.50 bits per heavy atom. The number of halogens is 1. The molecule has 1 N–H and O–H groups in total. The Hall–Kier alpha value is -1.22. The van der Waals surface area contributed by atoms with E-state index in [9.17, 15) is 4.79 Å². The van der Waals surface area contributed by atoms with Crippen molar-refractivity contribution in [1.29, 1.82) is 0 Å². The van der Waals surface area contributed by atoms with E-state index in [-0.39, 0.29) is 5.91 Å². The van der Waals surface area contributed by atoms with Crippen LogP contribution >= 0.6 is 11.6 Å². The number of hydrogen-bond acceptors (Lipinski definition) is 2. The largest absolute Gasteiger partial charge is 0.493 e. The number of carbonyl (C=O) groups is 1. The monoisotopic (exact) mass is 241 g/mol. The second kappa shape index (κ2) is 6.38. The average molecular weight is 242 g/mol. The predicted octanol–water partition coefficient (Wildman–Crippen LogP) is 2.55. The fraction of sp³-hybridized carbons (Fsp3) is 0.417. The topological polar surface area (TPSA) is 38.3 Å². The van der Waals surface area contributed by atoms with Crippen LogP contribution in [0.5, 0.6) is 5.75 Å². The Balaban J connectivity index is 2.42. The van der Waals surface area contributed by atoms with Crippen molar-refractivity contribution in [2.24, 2.45) is 0 Å². The molecule has 0 atom stereocenters. The maximum absolute atomic E-state index is 11.2. The standard InChI is InChI=1S/C12H16ClNO2/c1-3-14-12(15)6-7-16-11-8-10(13)5-4-9(11)2/h4-5,8H,3,6-7H2,1-2H3,(H,14,15). The minimum Gasteiger partial charge on any atom is -0.493 e. The number of amides is 1. The van der Waals surface area contributed by atoms with Gasteiger partial charge in [0.05, 0.1) is 13.0 Å². The fourth-order valence-electron chi connectivity index (χ4n) is 1.27. The van der Waals surface area contributed by atoms with Crippen LogP contribution in [0.2, 0.25) is 5.02 Å². The number of aryl methyl sites for hydroxylation is 1. The molecule has 0 saturated carbocycles. The van der Waals surface area contributed by atoms with Crippen LogP contribution in [0.25, 0.3) is 0 Å². The number of carbonyl (C=O) groups excluding carboxylic acids is 1. The summed E-state index contributed by atoms with van der Waals surface area (Å²) in [6.07, 6.45) is 0.361. The zero-order valence-corrected chi connectivity index (χ0v) is 10.3. The lowest BCUT2D eigenvalue weighted by Gasteiger charge is -2.09. The summed E-state index contributed by atoms with van der Waals surface area (Å²) < 4.78 is 5.49. The molecule has 0 spiro atoms. The molecule has 4 heteroatoms. The summed E-state index contributed by atoms with van der Waals surface area (Å²) in [6, 6.07) is 5.46. The molecule has 0 aliphatic carbocycles. The van der Waals surface area contributed by atoms with Gasteiger partial charge in [0.2, 0.25) is 5.91 Å².